The molecule has 0 aliphatic heterocycles. The lowest BCUT2D eigenvalue weighted by Gasteiger charge is -2.26. The van der Waals surface area contributed by atoms with Gasteiger partial charge >= 0.3 is 0 Å². The molecule has 1 aliphatic rings. The third-order valence-electron chi connectivity index (χ3n) is 12.3. The summed E-state index contributed by atoms with van der Waals surface area (Å²) in [5.74, 6) is 1.77. The van der Waals surface area contributed by atoms with Gasteiger partial charge in [0.2, 0.25) is 5.95 Å². The smallest absolute Gasteiger partial charge is 0.238 e. The van der Waals surface area contributed by atoms with Crippen molar-refractivity contribution in [1.29, 1.82) is 0 Å². The van der Waals surface area contributed by atoms with Crippen molar-refractivity contribution >= 4 is 96.8 Å². The van der Waals surface area contributed by atoms with E-state index in [9.17, 15) is 0 Å². The molecule has 6 heteroatoms. The summed E-state index contributed by atoms with van der Waals surface area (Å²) in [4.78, 5) is 15.8. The molecule has 0 saturated carbocycles. The van der Waals surface area contributed by atoms with Crippen LogP contribution >= 0.6 is 11.3 Å². The zero-order valence-corrected chi connectivity index (χ0v) is 32.1. The van der Waals surface area contributed by atoms with Crippen molar-refractivity contribution in [2.24, 2.45) is 0 Å². The third-order valence-corrected chi connectivity index (χ3v) is 13.5. The summed E-state index contributed by atoms with van der Waals surface area (Å²) in [6.07, 6.45) is 0. The first-order valence-corrected chi connectivity index (χ1v) is 20.7. The van der Waals surface area contributed by atoms with E-state index < -0.39 is 0 Å². The van der Waals surface area contributed by atoms with Gasteiger partial charge in [0, 0.05) is 58.4 Å². The van der Waals surface area contributed by atoms with Crippen LogP contribution in [0, 0.1) is 0 Å². The molecule has 0 radical (unpaired) electrons. The summed E-state index contributed by atoms with van der Waals surface area (Å²) in [5, 5.41) is 12.1. The minimum atomic E-state index is 0.574. The number of benzene rings is 9. The highest BCUT2D eigenvalue weighted by Gasteiger charge is 2.31. The molecule has 0 saturated heterocycles. The van der Waals surface area contributed by atoms with E-state index in [1.165, 1.54) is 64.0 Å². The standard InChI is InChI=1S/C53H28N4OS/c1-2-11-30(12-3-1)51-54-52(33-18-20-36-35-16-8-9-17-44(35)58-45(36)26-33)56-53(55-51)57-43-25-32-14-5-4-13-31(32)24-40(43)38-22-21-37-39-27-42-47(28-41(39)49(37)50(38)57)59-46-23-19-29-10-6-7-15-34(29)48(42)46/h1-28H. The van der Waals surface area contributed by atoms with Gasteiger partial charge in [-0.2, -0.15) is 9.97 Å². The number of thiophene rings is 1. The molecule has 14 rings (SSSR count). The Morgan fingerprint density at radius 3 is 2.03 bits per heavy atom. The maximum atomic E-state index is 6.35. The van der Waals surface area contributed by atoms with Crippen molar-refractivity contribution in [2.45, 2.75) is 0 Å². The van der Waals surface area contributed by atoms with Crippen molar-refractivity contribution in [2.75, 3.05) is 0 Å². The maximum absolute atomic E-state index is 6.35. The quantitative estimate of drug-likeness (QED) is 0.180. The molecule has 4 heterocycles. The molecule has 0 bridgehead atoms. The molecule has 1 aliphatic carbocycles. The molecule has 0 unspecified atom stereocenters. The number of rotatable bonds is 3. The van der Waals surface area contributed by atoms with Gasteiger partial charge in [-0.1, -0.05) is 121 Å². The van der Waals surface area contributed by atoms with E-state index in [-0.39, 0.29) is 0 Å². The number of hydrogen-bond donors (Lipinski definition) is 0. The molecule has 9 aromatic carbocycles. The van der Waals surface area contributed by atoms with E-state index in [1.54, 1.807) is 0 Å². The minimum absolute atomic E-state index is 0.574. The molecule has 0 N–H and O–H groups in total. The van der Waals surface area contributed by atoms with Crippen molar-refractivity contribution in [3.63, 3.8) is 0 Å². The summed E-state index contributed by atoms with van der Waals surface area (Å²) in [7, 11) is 0. The molecule has 0 spiro atoms. The topological polar surface area (TPSA) is 56.7 Å². The molecule has 0 fully saturated rings. The van der Waals surface area contributed by atoms with Gasteiger partial charge in [-0.05, 0) is 86.8 Å². The molecule has 4 aromatic heterocycles. The van der Waals surface area contributed by atoms with E-state index in [0.29, 0.717) is 17.6 Å². The minimum Gasteiger partial charge on any atom is -0.456 e. The Kier molecular flexibility index (Phi) is 6.11. The van der Waals surface area contributed by atoms with Crippen LogP contribution in [0.25, 0.3) is 136 Å². The highest BCUT2D eigenvalue weighted by Crippen LogP contribution is 2.55. The van der Waals surface area contributed by atoms with Gasteiger partial charge in [0.05, 0.1) is 11.0 Å². The van der Waals surface area contributed by atoms with Crippen LogP contribution in [0.5, 0.6) is 0 Å². The second-order valence-electron chi connectivity index (χ2n) is 15.5. The van der Waals surface area contributed by atoms with E-state index in [1.807, 2.05) is 47.7 Å². The summed E-state index contributed by atoms with van der Waals surface area (Å²) in [6.45, 7) is 0. The zero-order chi connectivity index (χ0) is 38.3. The van der Waals surface area contributed by atoms with E-state index in [4.69, 9.17) is 19.4 Å². The zero-order valence-electron chi connectivity index (χ0n) is 31.3. The first-order chi connectivity index (χ1) is 29.2. The van der Waals surface area contributed by atoms with Crippen LogP contribution in [0.15, 0.2) is 174 Å². The van der Waals surface area contributed by atoms with Gasteiger partial charge in [0.15, 0.2) is 11.6 Å². The van der Waals surface area contributed by atoms with Crippen LogP contribution in [0.1, 0.15) is 0 Å². The van der Waals surface area contributed by atoms with Crippen LogP contribution in [-0.2, 0) is 0 Å². The molecule has 0 amide bonds. The monoisotopic (exact) mass is 768 g/mol. The highest BCUT2D eigenvalue weighted by molar-refractivity contribution is 7.26. The number of nitrogens with zero attached hydrogens (tertiary/aromatic N) is 4. The fourth-order valence-electron chi connectivity index (χ4n) is 9.63. The van der Waals surface area contributed by atoms with Gasteiger partial charge in [-0.25, -0.2) is 4.98 Å². The molecular weight excluding hydrogens is 741 g/mol. The van der Waals surface area contributed by atoms with Crippen LogP contribution in [-0.4, -0.2) is 19.5 Å². The Hall–Kier alpha value is -7.67. The summed E-state index contributed by atoms with van der Waals surface area (Å²) >= 11 is 1.87. The van der Waals surface area contributed by atoms with E-state index in [0.717, 1.165) is 54.9 Å². The largest absolute Gasteiger partial charge is 0.456 e. The SMILES string of the molecule is c1ccc(-c2nc(-c3ccc4c(c3)oc3ccccc34)nc(-n3c4cc5ccccc5cc4c4ccc5c(c43)-c3cc4sc6ccc7ccccc7c6c4cc3-5)n2)cc1. The van der Waals surface area contributed by atoms with Gasteiger partial charge in [0.1, 0.15) is 11.2 Å². The molecule has 0 atom stereocenters. The number of fused-ring (bicyclic) bond motifs is 17. The first kappa shape index (κ1) is 31.4. The molecule has 5 nitrogen and oxygen atoms in total. The summed E-state index contributed by atoms with van der Waals surface area (Å²) < 4.78 is 11.2. The Bertz CT molecular complexity index is 3970. The molecule has 13 aromatic rings. The van der Waals surface area contributed by atoms with Gasteiger partial charge in [-0.15, -0.1) is 11.3 Å². The van der Waals surface area contributed by atoms with Crippen molar-refractivity contribution in [3.8, 4) is 51.0 Å². The van der Waals surface area contributed by atoms with E-state index in [2.05, 4.69) is 138 Å². The second kappa shape index (κ2) is 11.5. The van der Waals surface area contributed by atoms with Crippen LogP contribution in [0.3, 0.4) is 0 Å². The maximum Gasteiger partial charge on any atom is 0.238 e. The van der Waals surface area contributed by atoms with Gasteiger partial charge in [-0.3, -0.25) is 4.57 Å². The molecule has 272 valence electrons. The van der Waals surface area contributed by atoms with Gasteiger partial charge in [0.25, 0.3) is 0 Å². The fourth-order valence-corrected chi connectivity index (χ4v) is 10.8. The Labute approximate surface area is 340 Å². The number of furan rings is 1. The number of hydrogen-bond acceptors (Lipinski definition) is 5. The van der Waals surface area contributed by atoms with Crippen molar-refractivity contribution < 1.29 is 4.42 Å². The van der Waals surface area contributed by atoms with Crippen LogP contribution in [0.4, 0.5) is 0 Å². The fraction of sp³-hybridized carbons (Fsp3) is 0. The average Bonchev–Trinajstić information content (AvgIpc) is 3.95. The second-order valence-corrected chi connectivity index (χ2v) is 16.6. The summed E-state index contributed by atoms with van der Waals surface area (Å²) in [6, 6.07) is 60.6. The van der Waals surface area contributed by atoms with Crippen LogP contribution in [0.2, 0.25) is 0 Å². The van der Waals surface area contributed by atoms with Gasteiger partial charge < -0.3 is 4.42 Å². The number of aromatic nitrogens is 4. The number of para-hydroxylation sites is 1. The molecular formula is C53H28N4OS. The average molecular weight is 769 g/mol. The summed E-state index contributed by atoms with van der Waals surface area (Å²) in [5.41, 5.74) is 10.6. The first-order valence-electron chi connectivity index (χ1n) is 19.8. The Morgan fingerprint density at radius 2 is 1.15 bits per heavy atom. The predicted octanol–water partition coefficient (Wildman–Crippen LogP) is 14.5. The Morgan fingerprint density at radius 1 is 0.424 bits per heavy atom. The third kappa shape index (κ3) is 4.35. The lowest BCUT2D eigenvalue weighted by molar-refractivity contribution is 0.669. The van der Waals surface area contributed by atoms with Crippen molar-refractivity contribution in [1.82, 2.24) is 19.5 Å². The Balaban J connectivity index is 1.06. The predicted molar refractivity (Wildman–Crippen MR) is 245 cm³/mol. The van der Waals surface area contributed by atoms with Crippen LogP contribution < -0.4 is 0 Å². The lowest BCUT2D eigenvalue weighted by Crippen LogP contribution is -2.08. The van der Waals surface area contributed by atoms with Crippen molar-refractivity contribution in [3.05, 3.63) is 170 Å². The highest BCUT2D eigenvalue weighted by atomic mass is 32.1. The normalized spacial score (nSPS) is 12.4. The molecule has 59 heavy (non-hydrogen) atoms. The lowest BCUT2D eigenvalue weighted by atomic mass is 9.78. The van der Waals surface area contributed by atoms with E-state index >= 15 is 0 Å².